The van der Waals surface area contributed by atoms with Crippen LogP contribution in [-0.2, 0) is 19.1 Å². The molecule has 0 amide bonds. The summed E-state index contributed by atoms with van der Waals surface area (Å²) in [5.74, 6) is 0.293. The van der Waals surface area contributed by atoms with Crippen molar-refractivity contribution < 1.29 is 19.1 Å². The fourth-order valence-electron chi connectivity index (χ4n) is 5.93. The van der Waals surface area contributed by atoms with Crippen molar-refractivity contribution in [2.45, 2.75) is 51.9 Å². The van der Waals surface area contributed by atoms with Crippen LogP contribution >= 0.6 is 0 Å². The first kappa shape index (κ1) is 15.9. The Kier molecular flexibility index (Phi) is 3.63. The highest BCUT2D eigenvalue weighted by atomic mass is 16.5. The topological polar surface area (TPSA) is 52.6 Å². The summed E-state index contributed by atoms with van der Waals surface area (Å²) in [7, 11) is 0. The van der Waals surface area contributed by atoms with Crippen LogP contribution in [-0.4, -0.2) is 25.2 Å². The molecule has 2 aliphatic heterocycles. The van der Waals surface area contributed by atoms with Gasteiger partial charge in [0.1, 0.15) is 6.61 Å². The molecule has 24 heavy (non-hydrogen) atoms. The minimum Gasteiger partial charge on any atom is -0.465 e. The zero-order valence-electron chi connectivity index (χ0n) is 14.4. The first-order valence-corrected chi connectivity index (χ1v) is 9.18. The smallest absolute Gasteiger partial charge is 0.334 e. The van der Waals surface area contributed by atoms with Gasteiger partial charge in [-0.1, -0.05) is 25.5 Å². The Hall–Kier alpha value is -1.58. The van der Waals surface area contributed by atoms with Crippen LogP contribution in [0.1, 0.15) is 51.9 Å². The predicted octanol–water partition coefficient (Wildman–Crippen LogP) is 3.57. The third-order valence-corrected chi connectivity index (χ3v) is 7.09. The summed E-state index contributed by atoms with van der Waals surface area (Å²) in [6.07, 6.45) is 8.49. The minimum atomic E-state index is -0.413. The molecule has 1 saturated heterocycles. The average molecular weight is 330 g/mol. The van der Waals surface area contributed by atoms with E-state index in [1.54, 1.807) is 0 Å². The Bertz CT molecular complexity index is 634. The van der Waals surface area contributed by atoms with Crippen LogP contribution < -0.4 is 0 Å². The molecule has 4 atom stereocenters. The van der Waals surface area contributed by atoms with E-state index in [1.165, 1.54) is 5.57 Å². The van der Waals surface area contributed by atoms with Crippen LogP contribution in [0.25, 0.3) is 0 Å². The third-order valence-electron chi connectivity index (χ3n) is 7.09. The lowest BCUT2D eigenvalue weighted by molar-refractivity contribution is -0.207. The monoisotopic (exact) mass is 330 g/mol. The Labute approximate surface area is 143 Å². The molecule has 0 aromatic rings. The van der Waals surface area contributed by atoms with E-state index in [9.17, 15) is 9.59 Å². The van der Waals surface area contributed by atoms with Crippen molar-refractivity contribution in [2.75, 3.05) is 13.2 Å². The minimum absolute atomic E-state index is 0.0153. The molecule has 0 aromatic heterocycles. The van der Waals surface area contributed by atoms with E-state index in [-0.39, 0.29) is 23.3 Å². The lowest BCUT2D eigenvalue weighted by Crippen LogP contribution is -2.61. The standard InChI is InChI=1S/C20H26O4/c1-13-4-7-16-19(2)9-3-10-20(16,18(22)24-12-19)15(13)6-5-14-8-11-23-17(14)21/h8,15-16H,1,3-7,9-12H2,2H3/t15-,16+,19+,20-/m1/s1. The maximum Gasteiger partial charge on any atom is 0.334 e. The molecule has 2 bridgehead atoms. The number of cyclic esters (lactones) is 2. The number of carbonyl (C=O) groups is 2. The van der Waals surface area contributed by atoms with Gasteiger partial charge < -0.3 is 9.47 Å². The number of carbonyl (C=O) groups excluding carboxylic acids is 2. The van der Waals surface area contributed by atoms with Crippen molar-refractivity contribution in [3.05, 3.63) is 23.8 Å². The molecule has 4 aliphatic rings. The van der Waals surface area contributed by atoms with Crippen LogP contribution in [0, 0.1) is 22.7 Å². The second-order valence-electron chi connectivity index (χ2n) is 8.29. The van der Waals surface area contributed by atoms with Crippen molar-refractivity contribution in [3.8, 4) is 0 Å². The second-order valence-corrected chi connectivity index (χ2v) is 8.29. The molecule has 130 valence electrons. The molecular weight excluding hydrogens is 304 g/mol. The van der Waals surface area contributed by atoms with Gasteiger partial charge in [-0.2, -0.15) is 0 Å². The van der Waals surface area contributed by atoms with Crippen molar-refractivity contribution in [1.82, 2.24) is 0 Å². The quantitative estimate of drug-likeness (QED) is 0.586. The number of hydrogen-bond acceptors (Lipinski definition) is 4. The highest BCUT2D eigenvalue weighted by Gasteiger charge is 2.64. The average Bonchev–Trinajstić information content (AvgIpc) is 2.96. The van der Waals surface area contributed by atoms with Gasteiger partial charge in [0.25, 0.3) is 0 Å². The van der Waals surface area contributed by atoms with Gasteiger partial charge in [0.15, 0.2) is 0 Å². The van der Waals surface area contributed by atoms with E-state index < -0.39 is 5.41 Å². The van der Waals surface area contributed by atoms with Crippen LogP contribution in [0.3, 0.4) is 0 Å². The Morgan fingerprint density at radius 1 is 1.29 bits per heavy atom. The highest BCUT2D eigenvalue weighted by molar-refractivity contribution is 5.90. The van der Waals surface area contributed by atoms with Crippen LogP contribution in [0.2, 0.25) is 0 Å². The van der Waals surface area contributed by atoms with Crippen molar-refractivity contribution in [3.63, 3.8) is 0 Å². The maximum atomic E-state index is 13.0. The molecular formula is C20H26O4. The van der Waals surface area contributed by atoms with Gasteiger partial charge in [-0.3, -0.25) is 4.79 Å². The van der Waals surface area contributed by atoms with Gasteiger partial charge in [0.05, 0.1) is 12.0 Å². The number of rotatable bonds is 3. The predicted molar refractivity (Wildman–Crippen MR) is 89.0 cm³/mol. The summed E-state index contributed by atoms with van der Waals surface area (Å²) in [4.78, 5) is 24.7. The van der Waals surface area contributed by atoms with Gasteiger partial charge in [0, 0.05) is 11.0 Å². The normalized spacial score (nSPS) is 41.4. The largest absolute Gasteiger partial charge is 0.465 e. The Morgan fingerprint density at radius 2 is 2.12 bits per heavy atom. The van der Waals surface area contributed by atoms with Gasteiger partial charge >= 0.3 is 11.9 Å². The van der Waals surface area contributed by atoms with Crippen LogP contribution in [0.15, 0.2) is 23.8 Å². The van der Waals surface area contributed by atoms with E-state index in [4.69, 9.17) is 9.47 Å². The number of hydrogen-bond donors (Lipinski definition) is 0. The van der Waals surface area contributed by atoms with Gasteiger partial charge in [-0.15, -0.1) is 0 Å². The van der Waals surface area contributed by atoms with Gasteiger partial charge in [-0.25, -0.2) is 4.79 Å². The zero-order valence-corrected chi connectivity index (χ0v) is 14.4. The molecule has 2 heterocycles. The van der Waals surface area contributed by atoms with Crippen molar-refractivity contribution in [1.29, 1.82) is 0 Å². The summed E-state index contributed by atoms with van der Waals surface area (Å²) in [5, 5.41) is 0. The third kappa shape index (κ3) is 2.11. The summed E-state index contributed by atoms with van der Waals surface area (Å²) < 4.78 is 10.7. The summed E-state index contributed by atoms with van der Waals surface area (Å²) in [6, 6.07) is 0. The van der Waals surface area contributed by atoms with E-state index in [1.807, 2.05) is 6.08 Å². The fourth-order valence-corrected chi connectivity index (χ4v) is 5.93. The lowest BCUT2D eigenvalue weighted by Gasteiger charge is -2.61. The molecule has 4 rings (SSSR count). The molecule has 0 unspecified atom stereocenters. The summed E-state index contributed by atoms with van der Waals surface area (Å²) in [6.45, 7) is 7.55. The van der Waals surface area contributed by atoms with Crippen molar-refractivity contribution >= 4 is 11.9 Å². The molecule has 2 saturated carbocycles. The number of ether oxygens (including phenoxy) is 2. The summed E-state index contributed by atoms with van der Waals surface area (Å²) >= 11 is 0. The molecule has 0 N–H and O–H groups in total. The molecule has 2 aliphatic carbocycles. The molecule has 4 nitrogen and oxygen atoms in total. The first-order valence-electron chi connectivity index (χ1n) is 9.18. The van der Waals surface area contributed by atoms with E-state index >= 15 is 0 Å². The van der Waals surface area contributed by atoms with Gasteiger partial charge in [-0.05, 0) is 56.4 Å². The molecule has 0 spiro atoms. The SMILES string of the molecule is C=C1CC[C@H]2[C@@]3(C)CCC[C@@]2(C(=O)OC3)[C@@H]1CCC1=CCOC1=O. The summed E-state index contributed by atoms with van der Waals surface area (Å²) in [5.41, 5.74) is 1.62. The molecule has 0 radical (unpaired) electrons. The van der Waals surface area contributed by atoms with E-state index in [0.29, 0.717) is 25.6 Å². The Morgan fingerprint density at radius 3 is 2.88 bits per heavy atom. The highest BCUT2D eigenvalue weighted by Crippen LogP contribution is 2.64. The molecule has 0 aromatic carbocycles. The maximum absolute atomic E-state index is 13.0. The zero-order chi connectivity index (χ0) is 16.9. The van der Waals surface area contributed by atoms with Crippen molar-refractivity contribution in [2.24, 2.45) is 22.7 Å². The van der Waals surface area contributed by atoms with E-state index in [2.05, 4.69) is 13.5 Å². The Balaban J connectivity index is 1.65. The van der Waals surface area contributed by atoms with Crippen LogP contribution in [0.4, 0.5) is 0 Å². The van der Waals surface area contributed by atoms with E-state index in [0.717, 1.165) is 44.1 Å². The van der Waals surface area contributed by atoms with Crippen LogP contribution in [0.5, 0.6) is 0 Å². The molecule has 4 heteroatoms. The first-order chi connectivity index (χ1) is 11.5. The number of esters is 2. The van der Waals surface area contributed by atoms with Gasteiger partial charge in [0.2, 0.25) is 0 Å². The molecule has 3 fully saturated rings. The second kappa shape index (κ2) is 5.47. The fraction of sp³-hybridized carbons (Fsp3) is 0.700. The number of allylic oxidation sites excluding steroid dienone is 1. The lowest BCUT2D eigenvalue weighted by atomic mass is 9.45.